The molecule has 0 spiro atoms. The summed E-state index contributed by atoms with van der Waals surface area (Å²) in [7, 11) is 0.688. The van der Waals surface area contributed by atoms with Crippen molar-refractivity contribution in [2.75, 3.05) is 0 Å². The van der Waals surface area contributed by atoms with Crippen molar-refractivity contribution in [1.29, 1.82) is 0 Å². The molecule has 0 unspecified atom stereocenters. The third-order valence-corrected chi connectivity index (χ3v) is 0. The second-order valence-corrected chi connectivity index (χ2v) is 0.707. The van der Waals surface area contributed by atoms with Crippen LogP contribution in [0.3, 0.4) is 0 Å². The van der Waals surface area contributed by atoms with E-state index in [0.29, 0.717) is 10.2 Å². The summed E-state index contributed by atoms with van der Waals surface area (Å²) in [5.74, 6) is 0.889. The van der Waals surface area contributed by atoms with Gasteiger partial charge in [-0.05, 0) is 0 Å². The highest BCUT2D eigenvalue weighted by Gasteiger charge is 1.26. The fourth-order valence-electron chi connectivity index (χ4n) is 0. The van der Waals surface area contributed by atoms with Gasteiger partial charge in [0, 0.05) is 0 Å². The first-order valence-corrected chi connectivity index (χ1v) is 2.83. The van der Waals surface area contributed by atoms with Crippen LogP contribution in [0, 0.1) is 0 Å². The summed E-state index contributed by atoms with van der Waals surface area (Å²) in [6, 6.07) is 0. The van der Waals surface area contributed by atoms with Gasteiger partial charge in [0.05, 0.1) is 16.2 Å². The van der Waals surface area contributed by atoms with Crippen LogP contribution >= 0.6 is 0 Å². The van der Waals surface area contributed by atoms with Gasteiger partial charge in [-0.3, -0.25) is 0 Å². The Morgan fingerprint density at radius 1 is 0.889 bits per heavy atom. The highest BCUT2D eigenvalue weighted by molar-refractivity contribution is 6.48. The Hall–Kier alpha value is -1.10. The highest BCUT2D eigenvalue weighted by Crippen LogP contribution is 0.946. The van der Waals surface area contributed by atoms with Gasteiger partial charge in [0.15, 0.2) is 0 Å². The molecular weight excluding hydrogens is 140 g/mol. The number of carbonyl (C=O) groups excluding carboxylic acids is 4. The lowest BCUT2D eigenvalue weighted by Crippen LogP contribution is -1.52. The minimum absolute atomic E-state index is 0.688. The zero-order chi connectivity index (χ0) is 8.71. The lowest BCUT2D eigenvalue weighted by atomic mass is 11.8. The van der Waals surface area contributed by atoms with Gasteiger partial charge >= 0.3 is 0 Å². The largest absolute Gasteiger partial charge is 0.310 e. The zero-order valence-electron chi connectivity index (χ0n) is 5.33. The van der Waals surface area contributed by atoms with E-state index in [1.807, 2.05) is 20.4 Å². The average molecular weight is 150 g/mol. The Labute approximate surface area is 56.7 Å². The van der Waals surface area contributed by atoms with Crippen LogP contribution in [-0.2, 0) is 19.2 Å². The van der Waals surface area contributed by atoms with E-state index in [-0.39, 0.29) is 0 Å². The molecule has 0 atom stereocenters. The molecule has 0 radical (unpaired) electrons. The zero-order valence-corrected chi connectivity index (χ0v) is 7.33. The van der Waals surface area contributed by atoms with Gasteiger partial charge in [0.1, 0.15) is 20.4 Å². The molecule has 0 aliphatic heterocycles. The standard InChI is InChI=1S/CH4OSi.3CH2O/c2-1-3;3*1-2/h1H,3H3;3*1H2. The molecule has 0 aromatic carbocycles. The molecule has 0 saturated heterocycles. The molecule has 0 aromatic rings. The number of hydrogen-bond donors (Lipinski definition) is 0. The van der Waals surface area contributed by atoms with Crippen molar-refractivity contribution in [3.8, 4) is 0 Å². The molecule has 9 heavy (non-hydrogen) atoms. The molecule has 0 amide bonds. The van der Waals surface area contributed by atoms with Crippen LogP contribution in [0.15, 0.2) is 0 Å². The molecule has 0 aromatic heterocycles. The molecule has 4 nitrogen and oxygen atoms in total. The lowest BCUT2D eigenvalue weighted by Gasteiger charge is -1.22. The van der Waals surface area contributed by atoms with Gasteiger partial charge in [-0.25, -0.2) is 0 Å². The van der Waals surface area contributed by atoms with E-state index in [9.17, 15) is 0 Å². The minimum Gasteiger partial charge on any atom is -0.310 e. The van der Waals surface area contributed by atoms with E-state index in [0.717, 1.165) is 5.91 Å². The molecule has 0 aliphatic rings. The van der Waals surface area contributed by atoms with Crippen molar-refractivity contribution in [1.82, 2.24) is 0 Å². The molecular formula is C4H10O4Si. The number of carbonyl (C=O) groups is 4. The van der Waals surface area contributed by atoms with Crippen LogP contribution in [-0.4, -0.2) is 36.5 Å². The van der Waals surface area contributed by atoms with Crippen molar-refractivity contribution in [2.45, 2.75) is 0 Å². The first-order valence-electron chi connectivity index (χ1n) is 1.68. The summed E-state index contributed by atoms with van der Waals surface area (Å²) in [6.07, 6.45) is 0. The Kier molecular flexibility index (Phi) is 62000. The third kappa shape index (κ3) is 136. The fraction of sp³-hybridized carbons (Fsp3) is 0. The molecule has 0 aliphatic carbocycles. The van der Waals surface area contributed by atoms with Crippen LogP contribution in [0.2, 0.25) is 0 Å². The first kappa shape index (κ1) is 24.7. The summed E-state index contributed by atoms with van der Waals surface area (Å²) in [4.78, 5) is 32.9. The monoisotopic (exact) mass is 150 g/mol. The SMILES string of the molecule is C=O.C=O.C=O.O=C[SiH3]. The van der Waals surface area contributed by atoms with Gasteiger partial charge in [-0.1, -0.05) is 0 Å². The van der Waals surface area contributed by atoms with E-state index in [2.05, 4.69) is 0 Å². The van der Waals surface area contributed by atoms with Crippen molar-refractivity contribution in [3.63, 3.8) is 0 Å². The van der Waals surface area contributed by atoms with Crippen LogP contribution < -0.4 is 0 Å². The fourth-order valence-corrected chi connectivity index (χ4v) is 0. The summed E-state index contributed by atoms with van der Waals surface area (Å²) in [5.41, 5.74) is 0. The Bertz CT molecular complexity index is 36.8. The first-order chi connectivity index (χ1) is 4.41. The van der Waals surface area contributed by atoms with E-state index in [1.54, 1.807) is 0 Å². The van der Waals surface area contributed by atoms with Gasteiger partial charge < -0.3 is 19.2 Å². The normalized spacial score (nSPS) is 3.11. The predicted octanol–water partition coefficient (Wildman–Crippen LogP) is -2.01. The van der Waals surface area contributed by atoms with Crippen LogP contribution in [0.4, 0.5) is 0 Å². The molecule has 5 heteroatoms. The van der Waals surface area contributed by atoms with Crippen LogP contribution in [0.1, 0.15) is 0 Å². The summed E-state index contributed by atoms with van der Waals surface area (Å²) in [5, 5.41) is 0. The molecule has 0 heterocycles. The van der Waals surface area contributed by atoms with E-state index in [1.165, 1.54) is 0 Å². The number of hydrogen-bond acceptors (Lipinski definition) is 4. The Morgan fingerprint density at radius 2 is 0.889 bits per heavy atom. The summed E-state index contributed by atoms with van der Waals surface area (Å²) in [6.45, 7) is 6.00. The molecule has 0 rings (SSSR count). The Morgan fingerprint density at radius 3 is 0.889 bits per heavy atom. The maximum atomic E-state index is 8.87. The molecule has 0 bridgehead atoms. The van der Waals surface area contributed by atoms with Gasteiger partial charge in [0.25, 0.3) is 0 Å². The second kappa shape index (κ2) is 22600. The van der Waals surface area contributed by atoms with Gasteiger partial charge in [0.2, 0.25) is 0 Å². The van der Waals surface area contributed by atoms with Gasteiger partial charge in [-0.15, -0.1) is 0 Å². The maximum absolute atomic E-state index is 8.87. The van der Waals surface area contributed by atoms with E-state index >= 15 is 0 Å². The van der Waals surface area contributed by atoms with E-state index in [4.69, 9.17) is 19.2 Å². The third-order valence-electron chi connectivity index (χ3n) is 0. The molecule has 0 N–H and O–H groups in total. The van der Waals surface area contributed by atoms with Crippen LogP contribution in [0.5, 0.6) is 0 Å². The van der Waals surface area contributed by atoms with Crippen molar-refractivity contribution in [3.05, 3.63) is 0 Å². The van der Waals surface area contributed by atoms with Crippen molar-refractivity contribution < 1.29 is 19.2 Å². The smallest absolute Gasteiger partial charge is 0.106 e. The summed E-state index contributed by atoms with van der Waals surface area (Å²) < 4.78 is 0. The van der Waals surface area contributed by atoms with Gasteiger partial charge in [-0.2, -0.15) is 0 Å². The van der Waals surface area contributed by atoms with Crippen molar-refractivity contribution >= 4 is 36.5 Å². The maximum Gasteiger partial charge on any atom is 0.106 e. The lowest BCUT2D eigenvalue weighted by molar-refractivity contribution is -0.0987. The average Bonchev–Trinajstić information content (AvgIpc) is 2.01. The second-order valence-electron chi connectivity index (χ2n) is 0.236. The topological polar surface area (TPSA) is 68.3 Å². The number of rotatable bonds is 0. The quantitative estimate of drug-likeness (QED) is 0.295. The minimum atomic E-state index is 0.688. The predicted molar refractivity (Wildman–Crippen MR) is 38.1 cm³/mol. The van der Waals surface area contributed by atoms with Crippen molar-refractivity contribution in [2.24, 2.45) is 0 Å². The molecule has 54 valence electrons. The van der Waals surface area contributed by atoms with E-state index < -0.39 is 0 Å². The molecule has 0 fully saturated rings. The molecule has 0 saturated carbocycles. The summed E-state index contributed by atoms with van der Waals surface area (Å²) >= 11 is 0. The Balaban J connectivity index is -0.0000000190. The van der Waals surface area contributed by atoms with Crippen LogP contribution in [0.25, 0.3) is 0 Å². The highest BCUT2D eigenvalue weighted by atomic mass is 28.1.